The Morgan fingerprint density at radius 1 is 1.04 bits per heavy atom. The highest BCUT2D eigenvalue weighted by atomic mass is 16.2. The second-order valence-electron chi connectivity index (χ2n) is 4.75. The monoisotopic (exact) mass is 310 g/mol. The Bertz CT molecular complexity index is 669. The fourth-order valence-corrected chi connectivity index (χ4v) is 1.87. The van der Waals surface area contributed by atoms with Crippen LogP contribution in [0, 0.1) is 0 Å². The summed E-state index contributed by atoms with van der Waals surface area (Å²) in [6.07, 6.45) is 5.08. The third-order valence-corrected chi connectivity index (χ3v) is 3.08. The molecule has 0 fully saturated rings. The number of aromatic nitrogens is 2. The number of hydrogen-bond acceptors (Lipinski definition) is 4. The van der Waals surface area contributed by atoms with Crippen LogP contribution in [0.1, 0.15) is 16.8 Å². The van der Waals surface area contributed by atoms with E-state index in [0.29, 0.717) is 30.8 Å². The maximum atomic E-state index is 12.0. The molecule has 2 heterocycles. The molecule has 0 unspecified atom stereocenters. The van der Waals surface area contributed by atoms with Gasteiger partial charge in [0.1, 0.15) is 0 Å². The van der Waals surface area contributed by atoms with Gasteiger partial charge in [-0.3, -0.25) is 19.6 Å². The van der Waals surface area contributed by atoms with Crippen molar-refractivity contribution in [2.45, 2.75) is 6.42 Å². The first kappa shape index (κ1) is 16.4. The lowest BCUT2D eigenvalue weighted by Gasteiger charge is -2.06. The van der Waals surface area contributed by atoms with Crippen molar-refractivity contribution in [2.75, 3.05) is 13.1 Å². The van der Waals surface area contributed by atoms with Gasteiger partial charge in [-0.15, -0.1) is 0 Å². The number of carbonyl (C=O) groups is 2. The number of pyridine rings is 2. The Morgan fingerprint density at radius 2 is 1.83 bits per heavy atom. The minimum atomic E-state index is -0.217. The van der Waals surface area contributed by atoms with Gasteiger partial charge in [0.15, 0.2) is 0 Å². The molecule has 0 aliphatic carbocycles. The second kappa shape index (κ2) is 8.43. The van der Waals surface area contributed by atoms with Gasteiger partial charge >= 0.3 is 0 Å². The molecule has 2 N–H and O–H groups in total. The van der Waals surface area contributed by atoms with E-state index in [2.05, 4.69) is 27.2 Å². The van der Waals surface area contributed by atoms with Crippen molar-refractivity contribution < 1.29 is 9.59 Å². The summed E-state index contributed by atoms with van der Waals surface area (Å²) in [5.41, 5.74) is 1.96. The zero-order valence-electron chi connectivity index (χ0n) is 12.7. The zero-order chi connectivity index (χ0) is 16.5. The predicted molar refractivity (Wildman–Crippen MR) is 87.6 cm³/mol. The lowest BCUT2D eigenvalue weighted by Crippen LogP contribution is -2.29. The van der Waals surface area contributed by atoms with Crippen LogP contribution in [0.2, 0.25) is 0 Å². The average molecular weight is 310 g/mol. The first-order valence-corrected chi connectivity index (χ1v) is 7.26. The summed E-state index contributed by atoms with van der Waals surface area (Å²) >= 11 is 0. The van der Waals surface area contributed by atoms with Crippen molar-refractivity contribution in [2.24, 2.45) is 0 Å². The van der Waals surface area contributed by atoms with E-state index in [9.17, 15) is 9.59 Å². The minimum absolute atomic E-state index is 0.194. The summed E-state index contributed by atoms with van der Waals surface area (Å²) in [6, 6.07) is 9.06. The highest BCUT2D eigenvalue weighted by Gasteiger charge is 2.06. The molecular formula is C17H18N4O2. The van der Waals surface area contributed by atoms with Gasteiger partial charge in [-0.05, 0) is 36.8 Å². The van der Waals surface area contributed by atoms with E-state index in [-0.39, 0.29) is 11.8 Å². The molecule has 6 nitrogen and oxygen atoms in total. The Balaban J connectivity index is 1.81. The van der Waals surface area contributed by atoms with Crippen LogP contribution >= 0.6 is 0 Å². The number of nitrogens with one attached hydrogen (secondary N) is 2. The SMILES string of the molecule is C=CC(=O)NCCCNC(=O)c1ccc(-c2ccccn2)nc1. The van der Waals surface area contributed by atoms with E-state index in [0.717, 1.165) is 5.69 Å². The van der Waals surface area contributed by atoms with Gasteiger partial charge in [-0.1, -0.05) is 12.6 Å². The van der Waals surface area contributed by atoms with Gasteiger partial charge in [-0.25, -0.2) is 0 Å². The van der Waals surface area contributed by atoms with Crippen molar-refractivity contribution in [3.8, 4) is 11.4 Å². The molecule has 118 valence electrons. The number of amides is 2. The number of hydrogen-bond donors (Lipinski definition) is 2. The van der Waals surface area contributed by atoms with E-state index < -0.39 is 0 Å². The van der Waals surface area contributed by atoms with Crippen molar-refractivity contribution in [1.29, 1.82) is 0 Å². The van der Waals surface area contributed by atoms with Crippen LogP contribution in [0.15, 0.2) is 55.4 Å². The van der Waals surface area contributed by atoms with Crippen molar-refractivity contribution in [1.82, 2.24) is 20.6 Å². The number of carbonyl (C=O) groups excluding carboxylic acids is 2. The quantitative estimate of drug-likeness (QED) is 0.600. The van der Waals surface area contributed by atoms with E-state index in [1.54, 1.807) is 18.3 Å². The smallest absolute Gasteiger partial charge is 0.252 e. The maximum absolute atomic E-state index is 12.0. The third-order valence-electron chi connectivity index (χ3n) is 3.08. The molecular weight excluding hydrogens is 292 g/mol. The summed E-state index contributed by atoms with van der Waals surface area (Å²) in [7, 11) is 0. The van der Waals surface area contributed by atoms with Crippen LogP contribution in [0.5, 0.6) is 0 Å². The van der Waals surface area contributed by atoms with Gasteiger partial charge in [0.2, 0.25) is 5.91 Å². The van der Waals surface area contributed by atoms with Gasteiger partial charge in [0, 0.05) is 25.5 Å². The first-order chi connectivity index (χ1) is 11.2. The van der Waals surface area contributed by atoms with Crippen LogP contribution < -0.4 is 10.6 Å². The van der Waals surface area contributed by atoms with Gasteiger partial charge < -0.3 is 10.6 Å². The summed E-state index contributed by atoms with van der Waals surface area (Å²) in [5.74, 6) is -0.411. The highest BCUT2D eigenvalue weighted by molar-refractivity contribution is 5.94. The highest BCUT2D eigenvalue weighted by Crippen LogP contribution is 2.13. The molecule has 0 saturated heterocycles. The van der Waals surface area contributed by atoms with Crippen LogP contribution in [-0.2, 0) is 4.79 Å². The number of rotatable bonds is 7. The zero-order valence-corrected chi connectivity index (χ0v) is 12.7. The van der Waals surface area contributed by atoms with E-state index in [1.807, 2.05) is 18.2 Å². The van der Waals surface area contributed by atoms with E-state index in [1.165, 1.54) is 12.3 Å². The standard InChI is InChI=1S/C17H18N4O2/c1-2-16(22)19-10-5-11-20-17(23)13-7-8-15(21-12-13)14-6-3-4-9-18-14/h2-4,6-9,12H,1,5,10-11H2,(H,19,22)(H,20,23). The summed E-state index contributed by atoms with van der Waals surface area (Å²) in [5, 5.41) is 5.42. The fourth-order valence-electron chi connectivity index (χ4n) is 1.87. The largest absolute Gasteiger partial charge is 0.353 e. The van der Waals surface area contributed by atoms with E-state index >= 15 is 0 Å². The molecule has 0 atom stereocenters. The Kier molecular flexibility index (Phi) is 5.99. The van der Waals surface area contributed by atoms with E-state index in [4.69, 9.17) is 0 Å². The summed E-state index contributed by atoms with van der Waals surface area (Å²) in [6.45, 7) is 4.32. The molecule has 0 aromatic carbocycles. The van der Waals surface area contributed by atoms with Crippen LogP contribution in [0.25, 0.3) is 11.4 Å². The Labute approximate surface area is 134 Å². The molecule has 23 heavy (non-hydrogen) atoms. The predicted octanol–water partition coefficient (Wildman–Crippen LogP) is 1.57. The second-order valence-corrected chi connectivity index (χ2v) is 4.75. The van der Waals surface area contributed by atoms with Crippen molar-refractivity contribution in [3.63, 3.8) is 0 Å². The van der Waals surface area contributed by atoms with Gasteiger partial charge in [0.05, 0.1) is 17.0 Å². The van der Waals surface area contributed by atoms with Gasteiger partial charge in [-0.2, -0.15) is 0 Å². The summed E-state index contributed by atoms with van der Waals surface area (Å²) < 4.78 is 0. The molecule has 2 aromatic rings. The third kappa shape index (κ3) is 5.03. The topological polar surface area (TPSA) is 84.0 Å². The van der Waals surface area contributed by atoms with Gasteiger partial charge in [0.25, 0.3) is 5.91 Å². The van der Waals surface area contributed by atoms with Crippen molar-refractivity contribution in [3.05, 3.63) is 60.9 Å². The molecule has 6 heteroatoms. The Morgan fingerprint density at radius 3 is 2.48 bits per heavy atom. The van der Waals surface area contributed by atoms with Crippen molar-refractivity contribution >= 4 is 11.8 Å². The lowest BCUT2D eigenvalue weighted by molar-refractivity contribution is -0.116. The minimum Gasteiger partial charge on any atom is -0.353 e. The molecule has 0 saturated carbocycles. The average Bonchev–Trinajstić information content (AvgIpc) is 2.62. The lowest BCUT2D eigenvalue weighted by atomic mass is 10.2. The van der Waals surface area contributed by atoms with Crippen LogP contribution in [0.4, 0.5) is 0 Å². The molecule has 0 radical (unpaired) electrons. The number of nitrogens with zero attached hydrogens (tertiary/aromatic N) is 2. The Hall–Kier alpha value is -3.02. The molecule has 2 aromatic heterocycles. The molecule has 0 aliphatic heterocycles. The molecule has 0 aliphatic rings. The van der Waals surface area contributed by atoms with Crippen LogP contribution in [-0.4, -0.2) is 34.9 Å². The molecule has 2 rings (SSSR count). The maximum Gasteiger partial charge on any atom is 0.252 e. The normalized spacial score (nSPS) is 9.91. The molecule has 0 spiro atoms. The van der Waals surface area contributed by atoms with Crippen LogP contribution in [0.3, 0.4) is 0 Å². The molecule has 0 bridgehead atoms. The first-order valence-electron chi connectivity index (χ1n) is 7.26. The summed E-state index contributed by atoms with van der Waals surface area (Å²) in [4.78, 5) is 31.4. The molecule has 2 amide bonds. The fraction of sp³-hybridized carbons (Fsp3) is 0.176.